The molecule has 1 aromatic rings. The number of nitrogens with zero attached hydrogens (tertiary/aromatic N) is 1. The van der Waals surface area contributed by atoms with Crippen LogP contribution in [0.2, 0.25) is 0 Å². The van der Waals surface area contributed by atoms with E-state index in [2.05, 4.69) is 0 Å². The van der Waals surface area contributed by atoms with Crippen LogP contribution in [0.1, 0.15) is 16.1 Å². The monoisotopic (exact) mass is 256 g/mol. The number of allylic oxidation sites excluding steroid dienone is 4. The summed E-state index contributed by atoms with van der Waals surface area (Å²) >= 11 is 0. The molecule has 0 saturated carbocycles. The molecule has 0 saturated heterocycles. The van der Waals surface area contributed by atoms with E-state index in [4.69, 9.17) is 8.85 Å². The molecule has 3 heteroatoms. The molecule has 2 aliphatic rings. The lowest BCUT2D eigenvalue weighted by molar-refractivity contribution is -0.133. The van der Waals surface area contributed by atoms with Crippen molar-refractivity contribution in [1.29, 1.82) is 0 Å². The molecule has 1 aliphatic heterocycles. The number of anilines is 1. The summed E-state index contributed by atoms with van der Waals surface area (Å²) in [5.41, 5.74) is 2.74. The molecule has 0 amide bonds. The van der Waals surface area contributed by atoms with Gasteiger partial charge in [0.2, 0.25) is 0 Å². The highest BCUT2D eigenvalue weighted by atomic mass is 16.5. The highest BCUT2D eigenvalue weighted by Gasteiger charge is 2.30. The van der Waals surface area contributed by atoms with Gasteiger partial charge in [0.1, 0.15) is 0 Å². The van der Waals surface area contributed by atoms with Gasteiger partial charge in [-0.25, -0.2) is 4.79 Å². The zero-order valence-electron chi connectivity index (χ0n) is 13.5. The number of esters is 1. The Kier molecular flexibility index (Phi) is 2.04. The smallest absolute Gasteiger partial charge is 0.338 e. The van der Waals surface area contributed by atoms with E-state index in [-0.39, 0.29) is 0 Å². The first-order valence-corrected chi connectivity index (χ1v) is 6.03. The van der Waals surface area contributed by atoms with Crippen molar-refractivity contribution in [3.63, 3.8) is 0 Å². The maximum Gasteiger partial charge on any atom is 0.338 e. The molecule has 0 radical (unpaired) electrons. The Morgan fingerprint density at radius 2 is 2.26 bits per heavy atom. The lowest BCUT2D eigenvalue weighted by Gasteiger charge is -2.34. The van der Waals surface area contributed by atoms with E-state index in [9.17, 15) is 4.79 Å². The Balaban J connectivity index is 2.33. The zero-order chi connectivity index (χ0) is 15.9. The predicted octanol–water partition coefficient (Wildman–Crippen LogP) is 2.91. The molecule has 96 valence electrons. The van der Waals surface area contributed by atoms with Crippen LogP contribution in [0.25, 0.3) is 5.57 Å². The minimum atomic E-state index is -2.33. The molecule has 0 aromatic heterocycles. The Morgan fingerprint density at radius 3 is 3.05 bits per heavy atom. The van der Waals surface area contributed by atoms with Gasteiger partial charge in [-0.1, -0.05) is 30.4 Å². The fourth-order valence-electron chi connectivity index (χ4n) is 2.50. The molecule has 1 aromatic carbocycles. The zero-order valence-corrected chi connectivity index (χ0v) is 10.5. The van der Waals surface area contributed by atoms with Gasteiger partial charge in [-0.15, -0.1) is 0 Å². The van der Waals surface area contributed by atoms with Crippen molar-refractivity contribution in [2.24, 2.45) is 0 Å². The van der Waals surface area contributed by atoms with Gasteiger partial charge < -0.3 is 9.64 Å². The van der Waals surface area contributed by atoms with E-state index in [1.54, 1.807) is 36.4 Å². The van der Waals surface area contributed by atoms with Gasteiger partial charge >= 0.3 is 5.97 Å². The number of carbonyl (C=O) groups is 1. The van der Waals surface area contributed by atoms with E-state index in [0.717, 1.165) is 0 Å². The van der Waals surface area contributed by atoms with Gasteiger partial charge in [0.15, 0.2) is 0 Å². The Bertz CT molecular complexity index is 729. The first kappa shape index (κ1) is 8.75. The summed E-state index contributed by atoms with van der Waals surface area (Å²) in [5, 5.41) is 0. The summed E-state index contributed by atoms with van der Waals surface area (Å²) in [5.74, 6) is -0.450. The van der Waals surface area contributed by atoms with Crippen molar-refractivity contribution >= 4 is 17.2 Å². The van der Waals surface area contributed by atoms with Crippen LogP contribution in [-0.4, -0.2) is 20.1 Å². The standard InChI is InChI=1S/C16H15NO2/c1-17-13-9-5-3-7-11(13)15(16(18)19-2)12-8-4-6-10-14(12)17/h3-7,9-10H,8H2,1-2H3/i1D3. The lowest BCUT2D eigenvalue weighted by atomic mass is 9.87. The van der Waals surface area contributed by atoms with Crippen LogP contribution in [0.4, 0.5) is 5.69 Å². The number of benzene rings is 1. The number of rotatable bonds is 1. The fraction of sp³-hybridized carbons (Fsp3) is 0.188. The Morgan fingerprint density at radius 1 is 1.42 bits per heavy atom. The quantitative estimate of drug-likeness (QED) is 0.724. The topological polar surface area (TPSA) is 29.5 Å². The number of methoxy groups -OCH3 is 1. The van der Waals surface area contributed by atoms with Crippen LogP contribution in [-0.2, 0) is 9.53 Å². The van der Waals surface area contributed by atoms with Crippen LogP contribution >= 0.6 is 0 Å². The molecule has 0 bridgehead atoms. The van der Waals surface area contributed by atoms with Gasteiger partial charge in [0.05, 0.1) is 12.7 Å². The van der Waals surface area contributed by atoms with E-state index in [1.165, 1.54) is 12.0 Å². The number of ether oxygens (including phenoxy) is 1. The molecular formula is C16H15NO2. The summed E-state index contributed by atoms with van der Waals surface area (Å²) in [6.45, 7) is -2.33. The summed E-state index contributed by atoms with van der Waals surface area (Å²) in [7, 11) is 1.33. The van der Waals surface area contributed by atoms with Crippen molar-refractivity contribution in [1.82, 2.24) is 0 Å². The normalized spacial score (nSPS) is 19.7. The second-order valence-electron chi connectivity index (χ2n) is 4.38. The number of likely N-dealkylation sites (N-methyl/N-ethyl adjacent to an activating group) is 1. The minimum absolute atomic E-state index is 0.439. The van der Waals surface area contributed by atoms with Gasteiger partial charge in [0, 0.05) is 28.0 Å². The largest absolute Gasteiger partial charge is 0.465 e. The van der Waals surface area contributed by atoms with Crippen LogP contribution < -0.4 is 4.90 Å². The third kappa shape index (κ3) is 1.70. The second-order valence-corrected chi connectivity index (χ2v) is 4.38. The van der Waals surface area contributed by atoms with E-state index in [1.807, 2.05) is 6.08 Å². The predicted molar refractivity (Wildman–Crippen MR) is 75.6 cm³/mol. The van der Waals surface area contributed by atoms with Crippen LogP contribution in [0.15, 0.2) is 53.8 Å². The first-order chi connectivity index (χ1) is 10.4. The number of hydrogen-bond donors (Lipinski definition) is 0. The number of fused-ring (bicyclic) bond motifs is 2. The summed E-state index contributed by atoms with van der Waals surface area (Å²) in [6.07, 6.45) is 5.93. The first-order valence-electron chi connectivity index (χ1n) is 7.53. The molecular weight excluding hydrogens is 238 g/mol. The third-order valence-corrected chi connectivity index (χ3v) is 3.37. The van der Waals surface area contributed by atoms with E-state index < -0.39 is 12.9 Å². The molecule has 19 heavy (non-hydrogen) atoms. The van der Waals surface area contributed by atoms with Gasteiger partial charge in [-0.05, 0) is 24.1 Å². The highest BCUT2D eigenvalue weighted by Crippen LogP contribution is 2.42. The second kappa shape index (κ2) is 4.43. The van der Waals surface area contributed by atoms with Crippen LogP contribution in [0.3, 0.4) is 0 Å². The third-order valence-electron chi connectivity index (χ3n) is 3.37. The molecule has 1 heterocycles. The average Bonchev–Trinajstić information content (AvgIpc) is 2.50. The molecule has 0 N–H and O–H groups in total. The fourth-order valence-corrected chi connectivity index (χ4v) is 2.50. The van der Waals surface area contributed by atoms with E-state index in [0.29, 0.717) is 34.5 Å². The number of hydrogen-bond acceptors (Lipinski definition) is 3. The SMILES string of the molecule is [2H]C([2H])([2H])N1C2=CC=CCC2=C(C(=O)OC)c2ccccc21. The number of carbonyl (C=O) groups excluding carboxylic acids is 1. The molecule has 0 atom stereocenters. The van der Waals surface area contributed by atoms with Gasteiger partial charge in [-0.3, -0.25) is 0 Å². The molecule has 0 spiro atoms. The molecule has 3 nitrogen and oxygen atoms in total. The summed E-state index contributed by atoms with van der Waals surface area (Å²) < 4.78 is 28.5. The Labute approximate surface area is 116 Å². The van der Waals surface area contributed by atoms with Crippen molar-refractivity contribution < 1.29 is 13.6 Å². The Hall–Kier alpha value is -2.29. The summed E-state index contributed by atoms with van der Waals surface area (Å²) in [6, 6.07) is 7.01. The molecule has 0 unspecified atom stereocenters. The van der Waals surface area contributed by atoms with Gasteiger partial charge in [-0.2, -0.15) is 0 Å². The molecule has 3 rings (SSSR count). The lowest BCUT2D eigenvalue weighted by Crippen LogP contribution is -2.27. The maximum absolute atomic E-state index is 12.3. The van der Waals surface area contributed by atoms with Crippen LogP contribution in [0.5, 0.6) is 0 Å². The van der Waals surface area contributed by atoms with Gasteiger partial charge in [0.25, 0.3) is 0 Å². The molecule has 1 aliphatic carbocycles. The average molecular weight is 256 g/mol. The van der Waals surface area contributed by atoms with Crippen molar-refractivity contribution in [3.8, 4) is 0 Å². The maximum atomic E-state index is 12.3. The van der Waals surface area contributed by atoms with Crippen molar-refractivity contribution in [2.45, 2.75) is 6.42 Å². The number of para-hydroxylation sites is 1. The molecule has 0 fully saturated rings. The highest BCUT2D eigenvalue weighted by molar-refractivity contribution is 6.21. The van der Waals surface area contributed by atoms with Crippen molar-refractivity contribution in [2.75, 3.05) is 19.0 Å². The van der Waals surface area contributed by atoms with Crippen molar-refractivity contribution in [3.05, 3.63) is 59.3 Å². The minimum Gasteiger partial charge on any atom is -0.465 e. The summed E-state index contributed by atoms with van der Waals surface area (Å²) in [4.78, 5) is 13.6. The van der Waals surface area contributed by atoms with E-state index >= 15 is 0 Å². The van der Waals surface area contributed by atoms with Crippen LogP contribution in [0, 0.1) is 0 Å².